The fraction of sp³-hybridized carbons (Fsp3) is 0.400. The topological polar surface area (TPSA) is 88.0 Å². The normalized spacial score (nSPS) is 11.1. The van der Waals surface area contributed by atoms with Gasteiger partial charge in [0, 0.05) is 18.3 Å². The molecule has 0 spiro atoms. The van der Waals surface area contributed by atoms with Gasteiger partial charge in [0.25, 0.3) is 11.5 Å². The molecule has 0 aliphatic rings. The highest BCUT2D eigenvalue weighted by molar-refractivity contribution is 5.94. The molecule has 5 nitrogen and oxygen atoms in total. The maximum atomic E-state index is 11.7. The molecule has 0 fully saturated rings. The summed E-state index contributed by atoms with van der Waals surface area (Å²) in [6.07, 6.45) is 1.48. The Hall–Kier alpha value is -1.62. The first kappa shape index (κ1) is 11.5. The van der Waals surface area contributed by atoms with E-state index in [1.54, 1.807) is 19.9 Å². The minimum atomic E-state index is -0.515. The zero-order chi connectivity index (χ0) is 11.5. The molecule has 1 aromatic rings. The second-order valence-corrected chi connectivity index (χ2v) is 3.96. The molecule has 1 rings (SSSR count). The molecule has 1 amide bonds. The van der Waals surface area contributed by atoms with Crippen LogP contribution in [0.4, 0.5) is 0 Å². The molecule has 0 aliphatic carbocycles. The number of nitrogens with one attached hydrogen (secondary N) is 2. The monoisotopic (exact) mass is 209 g/mol. The Morgan fingerprint density at radius 1 is 1.60 bits per heavy atom. The molecular formula is C10H15N3O2. The van der Waals surface area contributed by atoms with Gasteiger partial charge in [-0.15, -0.1) is 0 Å². The van der Waals surface area contributed by atoms with Crippen molar-refractivity contribution in [1.82, 2.24) is 10.3 Å². The second kappa shape index (κ2) is 4.27. The molecule has 0 bridgehead atoms. The molecule has 1 heterocycles. The molecule has 5 heteroatoms. The lowest BCUT2D eigenvalue weighted by atomic mass is 10.1. The maximum Gasteiger partial charge on any atom is 0.260 e. The summed E-state index contributed by atoms with van der Waals surface area (Å²) in [6.45, 7) is 3.90. The number of amides is 1. The van der Waals surface area contributed by atoms with E-state index >= 15 is 0 Å². The van der Waals surface area contributed by atoms with Crippen molar-refractivity contribution in [2.45, 2.75) is 19.4 Å². The summed E-state index contributed by atoms with van der Waals surface area (Å²) in [7, 11) is 0. The fourth-order valence-electron chi connectivity index (χ4n) is 1.03. The molecule has 0 atom stereocenters. The van der Waals surface area contributed by atoms with Gasteiger partial charge in [-0.05, 0) is 26.0 Å². The summed E-state index contributed by atoms with van der Waals surface area (Å²) >= 11 is 0. The summed E-state index contributed by atoms with van der Waals surface area (Å²) in [6, 6.07) is 3.08. The Bertz CT molecular complexity index is 409. The third-order valence-corrected chi connectivity index (χ3v) is 2.03. The number of rotatable bonds is 3. The van der Waals surface area contributed by atoms with Crippen LogP contribution in [0.3, 0.4) is 0 Å². The number of hydrogen-bond acceptors (Lipinski definition) is 3. The van der Waals surface area contributed by atoms with Gasteiger partial charge < -0.3 is 16.0 Å². The first-order chi connectivity index (χ1) is 6.96. The summed E-state index contributed by atoms with van der Waals surface area (Å²) < 4.78 is 0. The van der Waals surface area contributed by atoms with Gasteiger partial charge in [-0.25, -0.2) is 0 Å². The first-order valence-corrected chi connectivity index (χ1v) is 4.66. The van der Waals surface area contributed by atoms with E-state index in [4.69, 9.17) is 5.73 Å². The van der Waals surface area contributed by atoms with Crippen molar-refractivity contribution >= 4 is 5.91 Å². The molecule has 0 aromatic carbocycles. The van der Waals surface area contributed by atoms with Gasteiger partial charge >= 0.3 is 0 Å². The van der Waals surface area contributed by atoms with E-state index in [0.717, 1.165) is 0 Å². The van der Waals surface area contributed by atoms with Crippen LogP contribution in [0.25, 0.3) is 0 Å². The van der Waals surface area contributed by atoms with Crippen molar-refractivity contribution in [1.29, 1.82) is 0 Å². The average molecular weight is 209 g/mol. The van der Waals surface area contributed by atoms with Gasteiger partial charge in [0.2, 0.25) is 0 Å². The van der Waals surface area contributed by atoms with E-state index in [0.29, 0.717) is 6.54 Å². The number of H-pyrrole nitrogens is 1. The number of carbonyl (C=O) groups excluding carboxylic acids is 1. The van der Waals surface area contributed by atoms with E-state index in [-0.39, 0.29) is 5.56 Å². The van der Waals surface area contributed by atoms with E-state index < -0.39 is 17.0 Å². The lowest BCUT2D eigenvalue weighted by Crippen LogP contribution is -2.49. The van der Waals surface area contributed by atoms with E-state index in [9.17, 15) is 9.59 Å². The quantitative estimate of drug-likeness (QED) is 0.646. The largest absolute Gasteiger partial charge is 0.346 e. The zero-order valence-corrected chi connectivity index (χ0v) is 8.83. The molecule has 4 N–H and O–H groups in total. The molecule has 0 radical (unpaired) electrons. The summed E-state index contributed by atoms with van der Waals surface area (Å²) in [5, 5.41) is 2.68. The van der Waals surface area contributed by atoms with Crippen molar-refractivity contribution in [3.63, 3.8) is 0 Å². The predicted molar refractivity (Wildman–Crippen MR) is 57.7 cm³/mol. The minimum absolute atomic E-state index is 0.0963. The molecule has 0 saturated carbocycles. The lowest BCUT2D eigenvalue weighted by Gasteiger charge is -2.23. The van der Waals surface area contributed by atoms with Gasteiger partial charge in [-0.3, -0.25) is 9.59 Å². The van der Waals surface area contributed by atoms with Crippen LogP contribution in [-0.4, -0.2) is 23.0 Å². The third kappa shape index (κ3) is 2.92. The van der Waals surface area contributed by atoms with Gasteiger partial charge in [0.15, 0.2) is 0 Å². The first-order valence-electron chi connectivity index (χ1n) is 4.66. The number of carbonyl (C=O) groups is 1. The average Bonchev–Trinajstić information content (AvgIpc) is 2.17. The lowest BCUT2D eigenvalue weighted by molar-refractivity contribution is 0.0914. The molecule has 1 aromatic heterocycles. The Kier molecular flexibility index (Phi) is 3.26. The van der Waals surface area contributed by atoms with E-state index in [2.05, 4.69) is 10.3 Å². The van der Waals surface area contributed by atoms with E-state index in [1.807, 2.05) is 0 Å². The molecule has 0 aliphatic heterocycles. The third-order valence-electron chi connectivity index (χ3n) is 2.03. The van der Waals surface area contributed by atoms with Crippen LogP contribution in [0, 0.1) is 0 Å². The summed E-state index contributed by atoms with van der Waals surface area (Å²) in [4.78, 5) is 25.4. The van der Waals surface area contributed by atoms with Crippen molar-refractivity contribution in [2.24, 2.45) is 5.73 Å². The molecule has 15 heavy (non-hydrogen) atoms. The smallest absolute Gasteiger partial charge is 0.260 e. The number of nitrogens with two attached hydrogens (primary N) is 1. The predicted octanol–water partition coefficient (Wildman–Crippen LogP) is -0.158. The van der Waals surface area contributed by atoms with Gasteiger partial charge in [0.05, 0.1) is 0 Å². The number of pyridine rings is 1. The molecule has 0 saturated heterocycles. The number of aromatic nitrogens is 1. The molecule has 82 valence electrons. The Labute approximate surface area is 87.7 Å². The number of hydrogen-bond donors (Lipinski definition) is 3. The Morgan fingerprint density at radius 3 is 2.80 bits per heavy atom. The second-order valence-electron chi connectivity index (χ2n) is 3.96. The standard InChI is InChI=1S/C10H15N3O2/c1-10(2,6-11)13-9(15)7-4-3-5-12-8(7)14/h3-5H,6,11H2,1-2H3,(H,12,14)(H,13,15). The van der Waals surface area contributed by atoms with Crippen molar-refractivity contribution in [3.05, 3.63) is 34.2 Å². The summed E-state index contributed by atoms with van der Waals surface area (Å²) in [5.41, 5.74) is 4.65. The van der Waals surface area contributed by atoms with Crippen molar-refractivity contribution in [2.75, 3.05) is 6.54 Å². The molecule has 0 unspecified atom stereocenters. The van der Waals surface area contributed by atoms with Crippen molar-refractivity contribution in [3.8, 4) is 0 Å². The van der Waals surface area contributed by atoms with Crippen LogP contribution in [0.5, 0.6) is 0 Å². The minimum Gasteiger partial charge on any atom is -0.346 e. The van der Waals surface area contributed by atoms with Crippen LogP contribution < -0.4 is 16.6 Å². The number of aromatic amines is 1. The van der Waals surface area contributed by atoms with E-state index in [1.165, 1.54) is 12.3 Å². The highest BCUT2D eigenvalue weighted by Crippen LogP contribution is 2.00. The van der Waals surface area contributed by atoms with Gasteiger partial charge in [0.1, 0.15) is 5.56 Å². The fourth-order valence-corrected chi connectivity index (χ4v) is 1.03. The van der Waals surface area contributed by atoms with Crippen LogP contribution in [-0.2, 0) is 0 Å². The highest BCUT2D eigenvalue weighted by atomic mass is 16.2. The van der Waals surface area contributed by atoms with Crippen LogP contribution in [0.2, 0.25) is 0 Å². The Morgan fingerprint density at radius 2 is 2.27 bits per heavy atom. The maximum absolute atomic E-state index is 11.7. The Balaban J connectivity index is 2.88. The summed E-state index contributed by atoms with van der Waals surface area (Å²) in [5.74, 6) is -0.410. The zero-order valence-electron chi connectivity index (χ0n) is 8.83. The molecular weight excluding hydrogens is 194 g/mol. The van der Waals surface area contributed by atoms with Crippen molar-refractivity contribution < 1.29 is 4.79 Å². The highest BCUT2D eigenvalue weighted by Gasteiger charge is 2.20. The van der Waals surface area contributed by atoms with Gasteiger partial charge in [-0.2, -0.15) is 0 Å². The SMILES string of the molecule is CC(C)(CN)NC(=O)c1ccc[nH]c1=O. The van der Waals surface area contributed by atoms with Crippen LogP contribution in [0.15, 0.2) is 23.1 Å². The van der Waals surface area contributed by atoms with Gasteiger partial charge in [-0.1, -0.05) is 0 Å². The van der Waals surface area contributed by atoms with Crippen LogP contribution in [0.1, 0.15) is 24.2 Å². The van der Waals surface area contributed by atoms with Crippen LogP contribution >= 0.6 is 0 Å².